The lowest BCUT2D eigenvalue weighted by Crippen LogP contribution is -2.04. The highest BCUT2D eigenvalue weighted by atomic mass is 16.6. The molecular weight excluding hydrogens is 250 g/mol. The molecule has 7 nitrogen and oxygen atoms in total. The van der Waals surface area contributed by atoms with Gasteiger partial charge < -0.3 is 20.5 Å². The first kappa shape index (κ1) is 14.8. The first-order valence-corrected chi connectivity index (χ1v) is 5.63. The van der Waals surface area contributed by atoms with E-state index < -0.39 is 4.92 Å². The number of nitrogens with zero attached hydrogens (tertiary/aromatic N) is 1. The van der Waals surface area contributed by atoms with E-state index in [1.54, 1.807) is 12.2 Å². The third kappa shape index (κ3) is 3.85. The Morgan fingerprint density at radius 3 is 2.47 bits per heavy atom. The summed E-state index contributed by atoms with van der Waals surface area (Å²) in [6, 6.07) is 2.86. The second kappa shape index (κ2) is 7.22. The minimum Gasteiger partial charge on any atom is -0.493 e. The number of hydrogen-bond donors (Lipinski definition) is 2. The third-order valence-electron chi connectivity index (χ3n) is 2.41. The van der Waals surface area contributed by atoms with Crippen LogP contribution in [0.15, 0.2) is 24.3 Å². The molecule has 0 atom stereocenters. The van der Waals surface area contributed by atoms with Crippen LogP contribution >= 0.6 is 0 Å². The molecule has 0 aromatic heterocycles. The zero-order valence-corrected chi connectivity index (χ0v) is 10.9. The summed E-state index contributed by atoms with van der Waals surface area (Å²) in [6.45, 7) is 0.864. The van der Waals surface area contributed by atoms with Crippen LogP contribution in [0.4, 0.5) is 11.4 Å². The molecule has 0 amide bonds. The van der Waals surface area contributed by atoms with Crippen LogP contribution in [0.25, 0.3) is 0 Å². The van der Waals surface area contributed by atoms with Gasteiger partial charge in [-0.2, -0.15) is 0 Å². The number of benzene rings is 1. The van der Waals surface area contributed by atoms with E-state index in [0.717, 1.165) is 0 Å². The van der Waals surface area contributed by atoms with Gasteiger partial charge in [0.05, 0.1) is 25.2 Å². The summed E-state index contributed by atoms with van der Waals surface area (Å²) in [6.07, 6.45) is 3.56. The van der Waals surface area contributed by atoms with Gasteiger partial charge in [-0.3, -0.25) is 10.1 Å². The number of nitrogens with one attached hydrogen (secondary N) is 1. The predicted molar refractivity (Wildman–Crippen MR) is 72.9 cm³/mol. The number of rotatable bonds is 7. The maximum Gasteiger partial charge on any atom is 0.296 e. The molecule has 0 fully saturated rings. The van der Waals surface area contributed by atoms with Crippen molar-refractivity contribution < 1.29 is 14.4 Å². The fourth-order valence-electron chi connectivity index (χ4n) is 1.51. The number of methoxy groups -OCH3 is 2. The van der Waals surface area contributed by atoms with Crippen LogP contribution in [0.2, 0.25) is 0 Å². The zero-order valence-electron chi connectivity index (χ0n) is 10.9. The normalized spacial score (nSPS) is 10.5. The highest BCUT2D eigenvalue weighted by molar-refractivity contribution is 5.68. The lowest BCUT2D eigenvalue weighted by atomic mass is 10.2. The standard InChI is InChI=1S/C12H17N3O4/c1-18-11-7-9(14-6-4-3-5-13)10(15(16)17)8-12(11)19-2/h3-4,7-8,14H,5-6,13H2,1-2H3/b4-3+. The molecule has 0 aliphatic carbocycles. The molecule has 0 heterocycles. The van der Waals surface area contributed by atoms with Gasteiger partial charge in [0.25, 0.3) is 5.69 Å². The van der Waals surface area contributed by atoms with Crippen LogP contribution in [0, 0.1) is 10.1 Å². The van der Waals surface area contributed by atoms with E-state index in [-0.39, 0.29) is 5.69 Å². The van der Waals surface area contributed by atoms with Crippen molar-refractivity contribution in [3.8, 4) is 11.5 Å². The number of nitrogens with two attached hydrogens (primary N) is 1. The summed E-state index contributed by atoms with van der Waals surface area (Å²) in [5, 5.41) is 13.9. The Bertz CT molecular complexity index is 474. The van der Waals surface area contributed by atoms with Crippen LogP contribution in [0.3, 0.4) is 0 Å². The van der Waals surface area contributed by atoms with Gasteiger partial charge in [0.1, 0.15) is 5.69 Å². The third-order valence-corrected chi connectivity index (χ3v) is 2.41. The van der Waals surface area contributed by atoms with Gasteiger partial charge in [-0.15, -0.1) is 0 Å². The van der Waals surface area contributed by atoms with Gasteiger partial charge in [-0.05, 0) is 0 Å². The van der Waals surface area contributed by atoms with Crippen molar-refractivity contribution in [3.05, 3.63) is 34.4 Å². The SMILES string of the molecule is COc1cc(NC/C=C/CN)c([N+](=O)[O-])cc1OC. The molecule has 104 valence electrons. The molecule has 1 aromatic rings. The molecule has 1 rings (SSSR count). The second-order valence-electron chi connectivity index (χ2n) is 3.57. The summed E-state index contributed by atoms with van der Waals surface area (Å²) in [4.78, 5) is 10.5. The predicted octanol–water partition coefficient (Wildman–Crippen LogP) is 1.54. The van der Waals surface area contributed by atoms with Crippen molar-refractivity contribution in [3.63, 3.8) is 0 Å². The first-order chi connectivity index (χ1) is 9.13. The Kier molecular flexibility index (Phi) is 5.62. The van der Waals surface area contributed by atoms with Gasteiger partial charge in [-0.1, -0.05) is 12.2 Å². The van der Waals surface area contributed by atoms with Gasteiger partial charge in [-0.25, -0.2) is 0 Å². The van der Waals surface area contributed by atoms with E-state index in [1.165, 1.54) is 26.4 Å². The van der Waals surface area contributed by atoms with Gasteiger partial charge in [0.15, 0.2) is 11.5 Å². The monoisotopic (exact) mass is 267 g/mol. The maximum atomic E-state index is 11.0. The molecule has 19 heavy (non-hydrogen) atoms. The molecule has 0 saturated carbocycles. The molecular formula is C12H17N3O4. The summed E-state index contributed by atoms with van der Waals surface area (Å²) in [5.41, 5.74) is 5.60. The van der Waals surface area contributed by atoms with Crippen LogP contribution in [-0.2, 0) is 0 Å². The first-order valence-electron chi connectivity index (χ1n) is 5.63. The number of hydrogen-bond acceptors (Lipinski definition) is 6. The zero-order chi connectivity index (χ0) is 14.3. The largest absolute Gasteiger partial charge is 0.493 e. The Labute approximate surface area is 111 Å². The van der Waals surface area contributed by atoms with Gasteiger partial charge in [0, 0.05) is 19.2 Å². The van der Waals surface area contributed by atoms with Crippen molar-refractivity contribution >= 4 is 11.4 Å². The highest BCUT2D eigenvalue weighted by Crippen LogP contribution is 2.37. The van der Waals surface area contributed by atoms with Crippen molar-refractivity contribution in [2.24, 2.45) is 5.73 Å². The smallest absolute Gasteiger partial charge is 0.296 e. The molecule has 0 aliphatic heterocycles. The second-order valence-corrected chi connectivity index (χ2v) is 3.57. The quantitative estimate of drug-likeness (QED) is 0.441. The van der Waals surface area contributed by atoms with Gasteiger partial charge in [0.2, 0.25) is 0 Å². The van der Waals surface area contributed by atoms with Crippen LogP contribution in [0.5, 0.6) is 11.5 Å². The fraction of sp³-hybridized carbons (Fsp3) is 0.333. The number of anilines is 1. The Morgan fingerprint density at radius 1 is 1.32 bits per heavy atom. The van der Waals surface area contributed by atoms with Crippen molar-refractivity contribution in [1.82, 2.24) is 0 Å². The van der Waals surface area contributed by atoms with Crippen LogP contribution < -0.4 is 20.5 Å². The average molecular weight is 267 g/mol. The number of nitro benzene ring substituents is 1. The molecule has 0 radical (unpaired) electrons. The molecule has 3 N–H and O–H groups in total. The topological polar surface area (TPSA) is 99.7 Å². The Hall–Kier alpha value is -2.28. The van der Waals surface area contributed by atoms with E-state index in [1.807, 2.05) is 0 Å². The van der Waals surface area contributed by atoms with Crippen molar-refractivity contribution in [2.75, 3.05) is 32.6 Å². The summed E-state index contributed by atoms with van der Waals surface area (Å²) in [7, 11) is 2.90. The lowest BCUT2D eigenvalue weighted by Gasteiger charge is -2.11. The Balaban J connectivity index is 3.05. The average Bonchev–Trinajstić information content (AvgIpc) is 2.42. The van der Waals surface area contributed by atoms with Crippen LogP contribution in [0.1, 0.15) is 0 Å². The summed E-state index contributed by atoms with van der Waals surface area (Å²) >= 11 is 0. The van der Waals surface area contributed by atoms with Crippen molar-refractivity contribution in [1.29, 1.82) is 0 Å². The molecule has 1 aromatic carbocycles. The summed E-state index contributed by atoms with van der Waals surface area (Å²) < 4.78 is 10.2. The minimum atomic E-state index is -0.475. The molecule has 0 spiro atoms. The molecule has 0 aliphatic rings. The molecule has 0 saturated heterocycles. The van der Waals surface area contributed by atoms with Crippen molar-refractivity contribution in [2.45, 2.75) is 0 Å². The molecule has 7 heteroatoms. The van der Waals surface area contributed by atoms with E-state index in [0.29, 0.717) is 30.3 Å². The maximum absolute atomic E-state index is 11.0. The van der Waals surface area contributed by atoms with E-state index in [2.05, 4.69) is 5.32 Å². The van der Waals surface area contributed by atoms with E-state index >= 15 is 0 Å². The van der Waals surface area contributed by atoms with Gasteiger partial charge >= 0.3 is 0 Å². The lowest BCUT2D eigenvalue weighted by molar-refractivity contribution is -0.384. The molecule has 0 unspecified atom stereocenters. The highest BCUT2D eigenvalue weighted by Gasteiger charge is 2.18. The van der Waals surface area contributed by atoms with Crippen LogP contribution in [-0.4, -0.2) is 32.2 Å². The van der Waals surface area contributed by atoms with E-state index in [9.17, 15) is 10.1 Å². The minimum absolute atomic E-state index is 0.0706. The Morgan fingerprint density at radius 2 is 1.95 bits per heavy atom. The molecule has 0 bridgehead atoms. The summed E-state index contributed by atoms with van der Waals surface area (Å²) in [5.74, 6) is 0.746. The number of ether oxygens (including phenoxy) is 2. The fourth-order valence-corrected chi connectivity index (χ4v) is 1.51. The number of nitro groups is 1. The van der Waals surface area contributed by atoms with E-state index in [4.69, 9.17) is 15.2 Å².